The molecule has 1 fully saturated rings. The molecule has 1 rings (SSSR count). The second-order valence-corrected chi connectivity index (χ2v) is 4.63. The fourth-order valence-corrected chi connectivity index (χ4v) is 2.24. The van der Waals surface area contributed by atoms with Gasteiger partial charge in [-0.05, 0) is 31.6 Å². The minimum absolute atomic E-state index is 0.0801. The lowest BCUT2D eigenvalue weighted by Crippen LogP contribution is -2.24. The average molecular weight is 218 g/mol. The molecule has 1 aliphatic carbocycles. The minimum Gasteiger partial charge on any atom is -0.469 e. The zero-order valence-electron chi connectivity index (χ0n) is 7.66. The summed E-state index contributed by atoms with van der Waals surface area (Å²) in [4.78, 5) is 11.2. The third-order valence-electron chi connectivity index (χ3n) is 2.61. The molecule has 1 saturated carbocycles. The summed E-state index contributed by atoms with van der Waals surface area (Å²) in [5.41, 5.74) is 0. The smallest absolute Gasteiger partial charge is 0.308 e. The van der Waals surface area contributed by atoms with Crippen LogP contribution in [0.1, 0.15) is 25.7 Å². The van der Waals surface area contributed by atoms with Crippen molar-refractivity contribution in [2.24, 2.45) is 11.8 Å². The van der Waals surface area contributed by atoms with Gasteiger partial charge in [0.25, 0.3) is 0 Å². The molecule has 2 nitrogen and oxygen atoms in total. The van der Waals surface area contributed by atoms with Crippen molar-refractivity contribution in [1.29, 1.82) is 0 Å². The van der Waals surface area contributed by atoms with Crippen molar-refractivity contribution in [3.63, 3.8) is 0 Å². The van der Waals surface area contributed by atoms with Crippen LogP contribution in [-0.2, 0) is 9.53 Å². The largest absolute Gasteiger partial charge is 0.469 e. The topological polar surface area (TPSA) is 26.3 Å². The molecule has 1 aliphatic rings. The molecule has 0 atom stereocenters. The van der Waals surface area contributed by atoms with Crippen LogP contribution in [0.4, 0.5) is 0 Å². The van der Waals surface area contributed by atoms with Gasteiger partial charge in [0, 0.05) is 4.20 Å². The van der Waals surface area contributed by atoms with Crippen LogP contribution in [0.2, 0.25) is 0 Å². The number of hydrogen-bond acceptors (Lipinski definition) is 3. The van der Waals surface area contributed by atoms with Gasteiger partial charge in [0.2, 0.25) is 0 Å². The van der Waals surface area contributed by atoms with E-state index in [1.807, 2.05) is 0 Å². The Morgan fingerprint density at radius 3 is 2.15 bits per heavy atom. The van der Waals surface area contributed by atoms with E-state index < -0.39 is 0 Å². The van der Waals surface area contributed by atoms with Gasteiger partial charge in [-0.15, -0.1) is 12.6 Å². The summed E-state index contributed by atoms with van der Waals surface area (Å²) in [6.45, 7) is 0. The lowest BCUT2D eigenvalue weighted by Gasteiger charge is -2.25. The third kappa shape index (κ3) is 2.95. The van der Waals surface area contributed by atoms with Gasteiger partial charge in [-0.1, -0.05) is 12.2 Å². The van der Waals surface area contributed by atoms with Crippen molar-refractivity contribution < 1.29 is 9.53 Å². The molecule has 0 heterocycles. The number of hydrogen-bond donors (Lipinski definition) is 1. The number of carbonyl (C=O) groups excluding carboxylic acids is 1. The highest BCUT2D eigenvalue weighted by Gasteiger charge is 2.27. The van der Waals surface area contributed by atoms with Crippen LogP contribution in [-0.4, -0.2) is 17.3 Å². The van der Waals surface area contributed by atoms with Crippen molar-refractivity contribution in [2.75, 3.05) is 7.11 Å². The first-order valence-corrected chi connectivity index (χ1v) is 5.31. The van der Waals surface area contributed by atoms with Crippen molar-refractivity contribution in [3.8, 4) is 0 Å². The Labute approximate surface area is 89.4 Å². The maximum absolute atomic E-state index is 11.2. The summed E-state index contributed by atoms with van der Waals surface area (Å²) >= 11 is 9.16. The van der Waals surface area contributed by atoms with E-state index in [-0.39, 0.29) is 11.9 Å². The molecule has 0 aromatic rings. The number of methoxy groups -OCH3 is 1. The average Bonchev–Trinajstić information content (AvgIpc) is 2.17. The summed E-state index contributed by atoms with van der Waals surface area (Å²) in [6, 6.07) is 0. The van der Waals surface area contributed by atoms with Crippen LogP contribution >= 0.6 is 24.8 Å². The zero-order chi connectivity index (χ0) is 9.84. The van der Waals surface area contributed by atoms with Gasteiger partial charge in [-0.25, -0.2) is 0 Å². The molecule has 0 aromatic carbocycles. The Hall–Kier alpha value is -0.0900. The van der Waals surface area contributed by atoms with E-state index in [0.29, 0.717) is 5.92 Å². The number of thiol groups is 1. The van der Waals surface area contributed by atoms with Crippen LogP contribution < -0.4 is 0 Å². The molecule has 13 heavy (non-hydrogen) atoms. The van der Waals surface area contributed by atoms with Crippen molar-refractivity contribution in [3.05, 3.63) is 0 Å². The fraction of sp³-hybridized carbons (Fsp3) is 0.778. The first-order chi connectivity index (χ1) is 6.15. The molecule has 0 aromatic heterocycles. The maximum Gasteiger partial charge on any atom is 0.308 e. The fourth-order valence-electron chi connectivity index (χ4n) is 1.74. The van der Waals surface area contributed by atoms with Crippen molar-refractivity contribution >= 4 is 35.0 Å². The Kier molecular flexibility index (Phi) is 4.19. The van der Waals surface area contributed by atoms with Crippen molar-refractivity contribution in [2.45, 2.75) is 25.7 Å². The molecule has 0 amide bonds. The molecule has 0 unspecified atom stereocenters. The Bertz CT molecular complexity index is 208. The van der Waals surface area contributed by atoms with Crippen LogP contribution in [0.5, 0.6) is 0 Å². The predicted molar refractivity (Wildman–Crippen MR) is 59.0 cm³/mol. The van der Waals surface area contributed by atoms with Gasteiger partial charge >= 0.3 is 5.97 Å². The molecule has 74 valence electrons. The number of ether oxygens (including phenoxy) is 1. The SMILES string of the molecule is COC(=O)C1CCC(C(=S)S)CC1. The molecular weight excluding hydrogens is 204 g/mol. The van der Waals surface area contributed by atoms with Crippen LogP contribution in [0.3, 0.4) is 0 Å². The van der Waals surface area contributed by atoms with Gasteiger partial charge in [-0.3, -0.25) is 4.79 Å². The van der Waals surface area contributed by atoms with Crippen LogP contribution in [0.25, 0.3) is 0 Å². The van der Waals surface area contributed by atoms with Crippen molar-refractivity contribution in [1.82, 2.24) is 0 Å². The Morgan fingerprint density at radius 1 is 1.31 bits per heavy atom. The monoisotopic (exact) mass is 218 g/mol. The van der Waals surface area contributed by atoms with Gasteiger partial charge < -0.3 is 4.74 Å². The minimum atomic E-state index is -0.0801. The van der Waals surface area contributed by atoms with E-state index in [1.165, 1.54) is 7.11 Å². The highest BCUT2D eigenvalue weighted by atomic mass is 32.1. The first kappa shape index (κ1) is 11.0. The number of thiocarbonyl (C=S) groups is 1. The van der Waals surface area contributed by atoms with Gasteiger partial charge in [0.05, 0.1) is 13.0 Å². The molecule has 4 heteroatoms. The second kappa shape index (κ2) is 4.96. The second-order valence-electron chi connectivity index (χ2n) is 3.41. The third-order valence-corrected chi connectivity index (χ3v) is 3.31. The van der Waals surface area contributed by atoms with Crippen LogP contribution in [0, 0.1) is 11.8 Å². The standard InChI is InChI=1S/C9H14O2S2/c1-11-8(10)6-2-4-7(5-3-6)9(12)13/h6-7H,2-5H2,1H3,(H,12,13). The van der Waals surface area contributed by atoms with Gasteiger partial charge in [0.15, 0.2) is 0 Å². The molecule has 0 aliphatic heterocycles. The maximum atomic E-state index is 11.2. The molecule has 0 bridgehead atoms. The normalized spacial score (nSPS) is 28.2. The van der Waals surface area contributed by atoms with Crippen LogP contribution in [0.15, 0.2) is 0 Å². The molecular formula is C9H14O2S2. The predicted octanol–water partition coefficient (Wildman–Crippen LogP) is 2.22. The summed E-state index contributed by atoms with van der Waals surface area (Å²) in [5.74, 6) is 0.423. The number of carbonyl (C=O) groups is 1. The molecule has 0 N–H and O–H groups in total. The van der Waals surface area contributed by atoms with E-state index in [4.69, 9.17) is 17.0 Å². The highest BCUT2D eigenvalue weighted by molar-refractivity contribution is 8.11. The van der Waals surface area contributed by atoms with E-state index in [0.717, 1.165) is 29.9 Å². The van der Waals surface area contributed by atoms with Gasteiger partial charge in [-0.2, -0.15) is 0 Å². The Balaban J connectivity index is 2.39. The summed E-state index contributed by atoms with van der Waals surface area (Å²) in [6.07, 6.45) is 3.72. The Morgan fingerprint density at radius 2 is 1.77 bits per heavy atom. The summed E-state index contributed by atoms with van der Waals surface area (Å²) in [5, 5.41) is 0. The van der Waals surface area contributed by atoms with E-state index in [1.54, 1.807) is 0 Å². The summed E-state index contributed by atoms with van der Waals surface area (Å²) in [7, 11) is 1.44. The molecule has 0 saturated heterocycles. The first-order valence-electron chi connectivity index (χ1n) is 4.45. The van der Waals surface area contributed by atoms with E-state index in [9.17, 15) is 4.79 Å². The lowest BCUT2D eigenvalue weighted by molar-refractivity contribution is -0.146. The van der Waals surface area contributed by atoms with E-state index in [2.05, 4.69) is 12.6 Å². The number of esters is 1. The molecule has 0 radical (unpaired) electrons. The van der Waals surface area contributed by atoms with E-state index >= 15 is 0 Å². The number of rotatable bonds is 2. The highest BCUT2D eigenvalue weighted by Crippen LogP contribution is 2.31. The zero-order valence-corrected chi connectivity index (χ0v) is 9.37. The quantitative estimate of drug-likeness (QED) is 0.437. The van der Waals surface area contributed by atoms with Gasteiger partial charge in [0.1, 0.15) is 0 Å². The molecule has 0 spiro atoms. The lowest BCUT2D eigenvalue weighted by atomic mass is 9.83. The summed E-state index contributed by atoms with van der Waals surface area (Å²) < 4.78 is 5.48.